The highest BCUT2D eigenvalue weighted by atomic mass is 32.2. The summed E-state index contributed by atoms with van der Waals surface area (Å²) in [6, 6.07) is 4.17. The van der Waals surface area contributed by atoms with E-state index >= 15 is 0 Å². The highest BCUT2D eigenvalue weighted by molar-refractivity contribution is 7.99. The van der Waals surface area contributed by atoms with Gasteiger partial charge in [0.05, 0.1) is 0 Å². The van der Waals surface area contributed by atoms with Crippen molar-refractivity contribution in [2.45, 2.75) is 87.0 Å². The third kappa shape index (κ3) is 5.13. The van der Waals surface area contributed by atoms with Gasteiger partial charge in [-0.2, -0.15) is 11.8 Å². The second-order valence-corrected chi connectivity index (χ2v) is 9.30. The smallest absolute Gasteiger partial charge is 0.132 e. The van der Waals surface area contributed by atoms with E-state index in [1.54, 1.807) is 0 Å². The largest absolute Gasteiger partial charge is 0.506 e. The van der Waals surface area contributed by atoms with Gasteiger partial charge >= 0.3 is 0 Å². The number of rotatable bonds is 3. The van der Waals surface area contributed by atoms with Gasteiger partial charge in [-0.05, 0) is 29.9 Å². The summed E-state index contributed by atoms with van der Waals surface area (Å²) in [7, 11) is 0. The molecule has 0 radical (unpaired) electrons. The lowest BCUT2D eigenvalue weighted by atomic mass is 9.86. The minimum Gasteiger partial charge on any atom is -0.506 e. The molecule has 22 heavy (non-hydrogen) atoms. The summed E-state index contributed by atoms with van der Waals surface area (Å²) in [4.78, 5) is 0.709. The van der Waals surface area contributed by atoms with Crippen molar-refractivity contribution in [3.8, 4) is 5.75 Å². The van der Waals surface area contributed by atoms with Crippen LogP contribution in [0.15, 0.2) is 17.0 Å². The SMILES string of the molecule is CC(C)(C)c1cc(S)c(O)c(CSC2CCCCCCC2)c1. The Hall–Kier alpha value is -0.280. The number of hydrogen-bond donors (Lipinski definition) is 2. The first-order valence-corrected chi connectivity index (χ1v) is 10.0. The van der Waals surface area contributed by atoms with Crippen LogP contribution in [-0.2, 0) is 11.2 Å². The van der Waals surface area contributed by atoms with Crippen molar-refractivity contribution in [3.63, 3.8) is 0 Å². The van der Waals surface area contributed by atoms with E-state index in [0.29, 0.717) is 10.6 Å². The first kappa shape index (κ1) is 18.1. The first-order chi connectivity index (χ1) is 10.4. The van der Waals surface area contributed by atoms with Crippen molar-refractivity contribution in [2.24, 2.45) is 0 Å². The lowest BCUT2D eigenvalue weighted by Gasteiger charge is -2.23. The third-order valence-electron chi connectivity index (χ3n) is 4.56. The molecule has 1 fully saturated rings. The van der Waals surface area contributed by atoms with Gasteiger partial charge in [-0.3, -0.25) is 0 Å². The van der Waals surface area contributed by atoms with Crippen molar-refractivity contribution in [1.82, 2.24) is 0 Å². The molecule has 0 heterocycles. The van der Waals surface area contributed by atoms with E-state index in [0.717, 1.165) is 16.6 Å². The maximum atomic E-state index is 10.3. The fraction of sp³-hybridized carbons (Fsp3) is 0.684. The molecule has 0 aromatic heterocycles. The summed E-state index contributed by atoms with van der Waals surface area (Å²) >= 11 is 6.48. The van der Waals surface area contributed by atoms with Gasteiger partial charge in [0, 0.05) is 21.5 Å². The van der Waals surface area contributed by atoms with Crippen LogP contribution in [0, 0.1) is 0 Å². The molecule has 1 aromatic carbocycles. The van der Waals surface area contributed by atoms with Crippen LogP contribution in [0.5, 0.6) is 5.75 Å². The molecule has 0 unspecified atom stereocenters. The lowest BCUT2D eigenvalue weighted by molar-refractivity contribution is 0.455. The Labute approximate surface area is 145 Å². The number of benzene rings is 1. The van der Waals surface area contributed by atoms with E-state index in [-0.39, 0.29) is 5.41 Å². The number of phenolic OH excluding ortho intramolecular Hbond substituents is 1. The maximum Gasteiger partial charge on any atom is 0.132 e. The van der Waals surface area contributed by atoms with Crippen LogP contribution in [0.3, 0.4) is 0 Å². The Balaban J connectivity index is 2.06. The number of hydrogen-bond acceptors (Lipinski definition) is 3. The lowest BCUT2D eigenvalue weighted by Crippen LogP contribution is -2.12. The Morgan fingerprint density at radius 3 is 2.27 bits per heavy atom. The highest BCUT2D eigenvalue weighted by Gasteiger charge is 2.19. The van der Waals surface area contributed by atoms with Crippen LogP contribution in [0.1, 0.15) is 76.8 Å². The zero-order chi connectivity index (χ0) is 16.2. The molecular formula is C19H30OS2. The average Bonchev–Trinajstić information content (AvgIpc) is 2.40. The molecule has 3 heteroatoms. The molecule has 124 valence electrons. The number of aromatic hydroxyl groups is 1. The van der Waals surface area contributed by atoms with Crippen LogP contribution in [0.2, 0.25) is 0 Å². The molecule has 0 atom stereocenters. The molecule has 0 amide bonds. The molecule has 1 saturated carbocycles. The van der Waals surface area contributed by atoms with Crippen molar-refractivity contribution in [2.75, 3.05) is 0 Å². The summed E-state index contributed by atoms with van der Waals surface area (Å²) in [5.41, 5.74) is 2.39. The Morgan fingerprint density at radius 2 is 1.68 bits per heavy atom. The van der Waals surface area contributed by atoms with Crippen LogP contribution < -0.4 is 0 Å². The molecule has 1 aliphatic rings. The van der Waals surface area contributed by atoms with Crippen LogP contribution in [0.4, 0.5) is 0 Å². The number of thioether (sulfide) groups is 1. The van der Waals surface area contributed by atoms with Gasteiger partial charge in [-0.25, -0.2) is 0 Å². The van der Waals surface area contributed by atoms with E-state index in [1.807, 2.05) is 17.8 Å². The molecule has 0 bridgehead atoms. The normalized spacial score (nSPS) is 18.0. The van der Waals surface area contributed by atoms with Gasteiger partial charge < -0.3 is 5.11 Å². The fourth-order valence-corrected chi connectivity index (χ4v) is 4.60. The van der Waals surface area contributed by atoms with E-state index < -0.39 is 0 Å². The second kappa shape index (κ2) is 8.01. The summed E-state index contributed by atoms with van der Waals surface area (Å²) in [6.07, 6.45) is 9.59. The number of thiol groups is 1. The van der Waals surface area contributed by atoms with Gasteiger partial charge in [0.15, 0.2) is 0 Å². The third-order valence-corrected chi connectivity index (χ3v) is 6.32. The predicted molar refractivity (Wildman–Crippen MR) is 101 cm³/mol. The molecular weight excluding hydrogens is 308 g/mol. The predicted octanol–water partition coefficient (Wildman–Crippen LogP) is 6.32. The Kier molecular flexibility index (Phi) is 6.58. The topological polar surface area (TPSA) is 20.2 Å². The Morgan fingerprint density at radius 1 is 1.09 bits per heavy atom. The Bertz CT molecular complexity index is 483. The minimum atomic E-state index is 0.0881. The molecule has 0 aliphatic heterocycles. The van der Waals surface area contributed by atoms with Gasteiger partial charge in [0.1, 0.15) is 5.75 Å². The van der Waals surface area contributed by atoms with Crippen molar-refractivity contribution in [3.05, 3.63) is 23.3 Å². The van der Waals surface area contributed by atoms with Crippen LogP contribution in [0.25, 0.3) is 0 Å². The highest BCUT2D eigenvalue weighted by Crippen LogP contribution is 2.37. The summed E-state index contributed by atoms with van der Waals surface area (Å²) in [6.45, 7) is 6.62. The zero-order valence-electron chi connectivity index (χ0n) is 14.2. The molecule has 1 N–H and O–H groups in total. The van der Waals surface area contributed by atoms with Crippen molar-refractivity contribution < 1.29 is 5.11 Å². The summed E-state index contributed by atoms with van der Waals surface area (Å²) in [5, 5.41) is 11.1. The van der Waals surface area contributed by atoms with Crippen molar-refractivity contribution in [1.29, 1.82) is 0 Å². The molecule has 0 saturated heterocycles. The van der Waals surface area contributed by atoms with Gasteiger partial charge in [-0.1, -0.05) is 58.9 Å². The molecule has 1 aliphatic carbocycles. The van der Waals surface area contributed by atoms with Gasteiger partial charge in [0.25, 0.3) is 0 Å². The second-order valence-electron chi connectivity index (χ2n) is 7.53. The van der Waals surface area contributed by atoms with E-state index in [1.165, 1.54) is 50.5 Å². The van der Waals surface area contributed by atoms with E-state index in [9.17, 15) is 5.11 Å². The fourth-order valence-electron chi connectivity index (χ4n) is 3.01. The first-order valence-electron chi connectivity index (χ1n) is 8.55. The summed E-state index contributed by atoms with van der Waals surface area (Å²) < 4.78 is 0. The molecule has 1 nitrogen and oxygen atoms in total. The van der Waals surface area contributed by atoms with E-state index in [2.05, 4.69) is 39.5 Å². The zero-order valence-corrected chi connectivity index (χ0v) is 15.9. The maximum absolute atomic E-state index is 10.3. The van der Waals surface area contributed by atoms with E-state index in [4.69, 9.17) is 0 Å². The summed E-state index contributed by atoms with van der Waals surface area (Å²) in [5.74, 6) is 1.27. The van der Waals surface area contributed by atoms with Crippen LogP contribution >= 0.6 is 24.4 Å². The van der Waals surface area contributed by atoms with Crippen LogP contribution in [-0.4, -0.2) is 10.4 Å². The standard InChI is InChI=1S/C19H30OS2/c1-19(2,3)15-11-14(18(20)17(21)12-15)13-22-16-9-7-5-4-6-8-10-16/h11-12,16,20-21H,4-10,13H2,1-3H3. The molecule has 0 spiro atoms. The number of phenols is 1. The molecule has 1 aromatic rings. The quantitative estimate of drug-likeness (QED) is 0.628. The minimum absolute atomic E-state index is 0.0881. The van der Waals surface area contributed by atoms with Gasteiger partial charge in [0.2, 0.25) is 0 Å². The van der Waals surface area contributed by atoms with Crippen molar-refractivity contribution >= 4 is 24.4 Å². The monoisotopic (exact) mass is 338 g/mol. The average molecular weight is 339 g/mol. The van der Waals surface area contributed by atoms with Gasteiger partial charge in [-0.15, -0.1) is 12.6 Å². The molecule has 2 rings (SSSR count).